The molecule has 1 aromatic heterocycles. The standard InChI is InChI=1S/C61H80N14O18S/c1-7-30(4)51-57(89)63-23-46(81)66-41-28-94-60-37(36-10-8-9-11-38(36)69-60)21-39(54(86)62-24-47(82)71-51)67-59(91)52(31(5)43(78)26-76)72-56(88)42-20-35(77)25-75(42)61(92)40(68-55(41)87)22-45(80)73-93-27-33-12-14-34(15-13-33)65-53(85)32(6)64-58(90)50(29(2)3)70-44(79)18-19-74-48(83)16-17-49(74)84/h8-17,29-32,35,39-43,50-52,69,76-78H,7,18-28H2,1-6H3,(H,62,86)(H,63,89)(H,64,90)(H,65,85)(H,66,81)(H,67,91)(H,68,87)(H,70,79)(H,71,82)(H,72,88)(H,73,80)/t30-,31-,32-,35?,39?,40-,41+,42-,43-,50?,51-,52-/m0/s1. The summed E-state index contributed by atoms with van der Waals surface area (Å²) in [6.07, 6.45) is -2.43. The summed E-state index contributed by atoms with van der Waals surface area (Å²) in [5.74, 6) is -14.3. The number of aliphatic hydroxyl groups is 3. The Balaban J connectivity index is 1.11. The normalized spacial score (nSPS) is 23.6. The Bertz CT molecular complexity index is 3400. The summed E-state index contributed by atoms with van der Waals surface area (Å²) in [5, 5.41) is 58.7. The van der Waals surface area contributed by atoms with Crippen LogP contribution in [0.25, 0.3) is 10.9 Å². The van der Waals surface area contributed by atoms with E-state index in [1.54, 1.807) is 52.0 Å². The number of para-hydroxylation sites is 1. The van der Waals surface area contributed by atoms with E-state index in [9.17, 15) is 82.4 Å². The van der Waals surface area contributed by atoms with Crippen LogP contribution in [-0.2, 0) is 85.0 Å². The number of hydroxylamine groups is 1. The Morgan fingerprint density at radius 3 is 2.07 bits per heavy atom. The van der Waals surface area contributed by atoms with Crippen molar-refractivity contribution in [2.75, 3.05) is 43.9 Å². The van der Waals surface area contributed by atoms with E-state index >= 15 is 0 Å². The van der Waals surface area contributed by atoms with Gasteiger partial charge in [0, 0.05) is 72.8 Å². The molecule has 3 unspecified atom stereocenters. The van der Waals surface area contributed by atoms with Crippen LogP contribution < -0.4 is 58.6 Å². The Hall–Kier alpha value is -9.31. The summed E-state index contributed by atoms with van der Waals surface area (Å²) >= 11 is 0.977. The molecule has 4 aliphatic rings. The van der Waals surface area contributed by atoms with Gasteiger partial charge in [0.1, 0.15) is 48.3 Å². The molecule has 32 nitrogen and oxygen atoms in total. The third kappa shape index (κ3) is 18.9. The van der Waals surface area contributed by atoms with Crippen LogP contribution in [0.2, 0.25) is 0 Å². The fraction of sp³-hybridized carbons (Fsp3) is 0.508. The number of aromatic amines is 1. The van der Waals surface area contributed by atoms with Crippen LogP contribution in [0, 0.1) is 17.8 Å². The lowest BCUT2D eigenvalue weighted by Crippen LogP contribution is -2.62. The number of aliphatic hydroxyl groups excluding tert-OH is 3. The maximum atomic E-state index is 15.0. The van der Waals surface area contributed by atoms with E-state index in [-0.39, 0.29) is 37.4 Å². The van der Waals surface area contributed by atoms with Crippen molar-refractivity contribution in [1.29, 1.82) is 0 Å². The molecule has 1 fully saturated rings. The van der Waals surface area contributed by atoms with E-state index in [4.69, 9.17) is 4.84 Å². The minimum atomic E-state index is -1.89. The van der Waals surface area contributed by atoms with Crippen molar-refractivity contribution in [2.24, 2.45) is 17.8 Å². The third-order valence-electron chi connectivity index (χ3n) is 16.4. The highest BCUT2D eigenvalue weighted by molar-refractivity contribution is 7.99. The zero-order valence-electron chi connectivity index (χ0n) is 52.5. The van der Waals surface area contributed by atoms with Gasteiger partial charge in [0.2, 0.25) is 70.9 Å². The number of anilines is 1. The first-order valence-electron chi connectivity index (χ1n) is 30.6. The van der Waals surface area contributed by atoms with Gasteiger partial charge in [-0.2, -0.15) is 0 Å². The van der Waals surface area contributed by atoms with Crippen LogP contribution in [0.15, 0.2) is 65.7 Å². The molecule has 1 saturated heterocycles. The number of thioether (sulfide) groups is 1. The number of aromatic nitrogens is 1. The fourth-order valence-corrected chi connectivity index (χ4v) is 11.8. The Morgan fingerprint density at radius 1 is 0.734 bits per heavy atom. The van der Waals surface area contributed by atoms with Crippen LogP contribution in [0.1, 0.15) is 78.4 Å². The Morgan fingerprint density at radius 2 is 1.40 bits per heavy atom. The van der Waals surface area contributed by atoms with Crippen LogP contribution in [0.5, 0.6) is 0 Å². The summed E-state index contributed by atoms with van der Waals surface area (Å²) in [5.41, 5.74) is 3.86. The van der Waals surface area contributed by atoms with Crippen molar-refractivity contribution in [1.82, 2.24) is 68.1 Å². The first-order chi connectivity index (χ1) is 44.7. The molecule has 2 aromatic carbocycles. The molecule has 14 amide bonds. The minimum Gasteiger partial charge on any atom is -0.394 e. The van der Waals surface area contributed by atoms with Crippen LogP contribution in [-0.4, -0.2) is 212 Å². The highest BCUT2D eigenvalue weighted by atomic mass is 32.2. The number of fused-ring (bicyclic) bond motifs is 5. The Labute approximate surface area is 543 Å². The highest BCUT2D eigenvalue weighted by Crippen LogP contribution is 2.32. The quantitative estimate of drug-likeness (QED) is 0.0402. The van der Waals surface area contributed by atoms with Gasteiger partial charge in [0.25, 0.3) is 11.8 Å². The monoisotopic (exact) mass is 1330 g/mol. The van der Waals surface area contributed by atoms with E-state index in [1.165, 1.54) is 38.1 Å². The maximum Gasteiger partial charge on any atom is 0.253 e. The van der Waals surface area contributed by atoms with Crippen molar-refractivity contribution in [3.63, 3.8) is 0 Å². The number of hydrogen-bond donors (Lipinski definition) is 15. The van der Waals surface area contributed by atoms with E-state index in [0.29, 0.717) is 33.5 Å². The van der Waals surface area contributed by atoms with Gasteiger partial charge in [-0.05, 0) is 48.1 Å². The van der Waals surface area contributed by atoms with Gasteiger partial charge in [-0.1, -0.05) is 71.4 Å². The highest BCUT2D eigenvalue weighted by Gasteiger charge is 2.45. The molecule has 4 aliphatic heterocycles. The molecule has 508 valence electrons. The van der Waals surface area contributed by atoms with Crippen molar-refractivity contribution in [3.05, 3.63) is 71.8 Å². The smallest absolute Gasteiger partial charge is 0.253 e. The van der Waals surface area contributed by atoms with Crippen LogP contribution >= 0.6 is 11.8 Å². The first kappa shape index (κ1) is 72.1. The third-order valence-corrected chi connectivity index (χ3v) is 17.6. The molecular weight excluding hydrogens is 1250 g/mol. The van der Waals surface area contributed by atoms with E-state index < -0.39 is 200 Å². The van der Waals surface area contributed by atoms with E-state index in [0.717, 1.165) is 33.7 Å². The van der Waals surface area contributed by atoms with Gasteiger partial charge < -0.3 is 78.4 Å². The number of benzene rings is 2. The molecule has 3 aromatic rings. The molecule has 33 heteroatoms. The summed E-state index contributed by atoms with van der Waals surface area (Å²) in [6, 6.07) is 1.01. The summed E-state index contributed by atoms with van der Waals surface area (Å²) in [4.78, 5) is 202. The number of H-pyrrole nitrogens is 1. The molecular formula is C61H80N14O18S. The number of nitrogens with zero attached hydrogens (tertiary/aromatic N) is 2. The zero-order chi connectivity index (χ0) is 68.7. The SMILES string of the molecule is CC[C@H](C)[C@@H]1NC(=O)CNC(=O)C2Cc3c([nH]c4ccccc34)SC[C@@H](NC(=O)CNC1=O)C(=O)N[C@@H](CC(=O)NOCc1ccc(NC(=O)[C@H](C)NC(=O)C(NC(=O)CCN3C(=O)C=CC3=O)C(C)C)cc1)C(=O)N1CC(O)C[C@H]1C(=O)N[C@@H]([C@@H](C)[C@@H](O)CO)C(=O)N2. The van der Waals surface area contributed by atoms with E-state index in [1.807, 2.05) is 0 Å². The lowest BCUT2D eigenvalue weighted by atomic mass is 9.93. The second kappa shape index (κ2) is 33.0. The second-order valence-corrected chi connectivity index (χ2v) is 24.8. The molecule has 2 bridgehead atoms. The fourth-order valence-electron chi connectivity index (χ4n) is 10.7. The Kier molecular flexibility index (Phi) is 25.3. The predicted octanol–water partition coefficient (Wildman–Crippen LogP) is -3.98. The molecule has 5 heterocycles. The van der Waals surface area contributed by atoms with Gasteiger partial charge >= 0.3 is 0 Å². The lowest BCUT2D eigenvalue weighted by Gasteiger charge is -2.33. The summed E-state index contributed by atoms with van der Waals surface area (Å²) < 4.78 is 0. The molecule has 0 aliphatic carbocycles. The average molecular weight is 1330 g/mol. The van der Waals surface area contributed by atoms with Crippen molar-refractivity contribution >= 4 is 111 Å². The van der Waals surface area contributed by atoms with Crippen molar-refractivity contribution in [3.8, 4) is 0 Å². The van der Waals surface area contributed by atoms with Gasteiger partial charge in [-0.25, -0.2) is 5.48 Å². The number of nitrogens with one attached hydrogen (secondary N) is 12. The molecule has 15 N–H and O–H groups in total. The zero-order valence-corrected chi connectivity index (χ0v) is 53.3. The summed E-state index contributed by atoms with van der Waals surface area (Å²) in [7, 11) is 0. The molecule has 7 rings (SSSR count). The number of carbonyl (C=O) groups is 14. The first-order valence-corrected chi connectivity index (χ1v) is 31.6. The molecule has 0 spiro atoms. The number of amides is 14. The molecule has 0 saturated carbocycles. The van der Waals surface area contributed by atoms with Crippen LogP contribution in [0.4, 0.5) is 5.69 Å². The van der Waals surface area contributed by atoms with Gasteiger partial charge in [-0.15, -0.1) is 11.8 Å². The lowest BCUT2D eigenvalue weighted by molar-refractivity contribution is -0.145. The molecule has 94 heavy (non-hydrogen) atoms. The van der Waals surface area contributed by atoms with Gasteiger partial charge in [0.15, 0.2) is 0 Å². The topological polar surface area (TPSA) is 463 Å². The number of imide groups is 1. The minimum absolute atomic E-state index is 0.194. The van der Waals surface area contributed by atoms with Gasteiger partial charge in [-0.3, -0.25) is 76.9 Å². The number of rotatable bonds is 19. The average Bonchev–Trinajstić information content (AvgIpc) is 1.63. The van der Waals surface area contributed by atoms with Crippen molar-refractivity contribution < 1.29 is 87.3 Å². The summed E-state index contributed by atoms with van der Waals surface area (Å²) in [6.45, 7) is 6.15. The van der Waals surface area contributed by atoms with Gasteiger partial charge in [0.05, 0.1) is 50.0 Å². The second-order valence-electron chi connectivity index (χ2n) is 23.7. The van der Waals surface area contributed by atoms with E-state index in [2.05, 4.69) is 63.6 Å². The van der Waals surface area contributed by atoms with Crippen LogP contribution in [0.3, 0.4) is 0 Å². The number of carbonyl (C=O) groups excluding carboxylic acids is 14. The van der Waals surface area contributed by atoms with Crippen molar-refractivity contribution in [2.45, 2.75) is 146 Å². The number of hydrogen-bond acceptors (Lipinski definition) is 19. The molecule has 12 atom stereocenters. The largest absolute Gasteiger partial charge is 0.394 e. The maximum absolute atomic E-state index is 15.0. The predicted molar refractivity (Wildman–Crippen MR) is 334 cm³/mol. The molecule has 0 radical (unpaired) electrons.